The highest BCUT2D eigenvalue weighted by molar-refractivity contribution is 7.13. The molecule has 1 N–H and O–H groups in total. The standard InChI is InChI=1S/C20H27F3N4O2S/c21-20(22,23)13-29-19-26-16-12-27(11-8-17(16)30-19)10-7-14-3-5-15(6-4-14)25-18(28)2-1-9-24/h14-15H,1-8,10-13H2,(H,25,28). The first-order valence-electron chi connectivity index (χ1n) is 10.4. The number of carbonyl (C=O) groups is 1. The minimum atomic E-state index is -4.35. The Bertz CT molecular complexity index is 754. The van der Waals surface area contributed by atoms with Crippen LogP contribution in [0, 0.1) is 17.2 Å². The zero-order chi connectivity index (χ0) is 21.6. The van der Waals surface area contributed by atoms with E-state index >= 15 is 0 Å². The molecule has 1 fully saturated rings. The topological polar surface area (TPSA) is 78.2 Å². The van der Waals surface area contributed by atoms with Gasteiger partial charge in [-0.05, 0) is 51.0 Å². The van der Waals surface area contributed by atoms with E-state index in [0.717, 1.165) is 62.2 Å². The van der Waals surface area contributed by atoms with Crippen molar-refractivity contribution in [3.63, 3.8) is 0 Å². The molecule has 10 heteroatoms. The molecule has 1 aliphatic carbocycles. The molecule has 1 saturated carbocycles. The van der Waals surface area contributed by atoms with Crippen LogP contribution in [0.3, 0.4) is 0 Å². The highest BCUT2D eigenvalue weighted by Crippen LogP contribution is 2.32. The summed E-state index contributed by atoms with van der Waals surface area (Å²) in [5.74, 6) is 0.589. The number of hydrogen-bond acceptors (Lipinski definition) is 6. The van der Waals surface area contributed by atoms with Crippen LogP contribution in [0.5, 0.6) is 5.19 Å². The van der Waals surface area contributed by atoms with E-state index in [1.807, 2.05) is 6.07 Å². The fourth-order valence-corrected chi connectivity index (χ4v) is 4.96. The number of carbonyl (C=O) groups excluding carboxylic acids is 1. The molecule has 3 rings (SSSR count). The van der Waals surface area contributed by atoms with E-state index in [9.17, 15) is 18.0 Å². The highest BCUT2D eigenvalue weighted by Gasteiger charge is 2.30. The molecule has 0 unspecified atom stereocenters. The van der Waals surface area contributed by atoms with Crippen LogP contribution in [-0.4, -0.2) is 47.7 Å². The summed E-state index contributed by atoms with van der Waals surface area (Å²) in [6.45, 7) is 1.19. The van der Waals surface area contributed by atoms with Gasteiger partial charge in [0.25, 0.3) is 5.19 Å². The van der Waals surface area contributed by atoms with Crippen molar-refractivity contribution in [1.82, 2.24) is 15.2 Å². The molecule has 0 aromatic carbocycles. The SMILES string of the molecule is N#CCCC(=O)NC1CCC(CCN2CCc3sc(OCC(F)(F)F)nc3C2)CC1. The van der Waals surface area contributed by atoms with Gasteiger partial charge in [0.2, 0.25) is 5.91 Å². The molecular weight excluding hydrogens is 417 g/mol. The van der Waals surface area contributed by atoms with E-state index in [-0.39, 0.29) is 30.0 Å². The fourth-order valence-electron chi connectivity index (χ4n) is 4.06. The molecule has 166 valence electrons. The predicted octanol–water partition coefficient (Wildman–Crippen LogP) is 3.81. The summed E-state index contributed by atoms with van der Waals surface area (Å²) in [4.78, 5) is 19.3. The Kier molecular flexibility index (Phi) is 7.94. The molecule has 0 saturated heterocycles. The number of aromatic nitrogens is 1. The Morgan fingerprint density at radius 1 is 1.33 bits per heavy atom. The summed E-state index contributed by atoms with van der Waals surface area (Å²) >= 11 is 1.22. The fraction of sp³-hybridized carbons (Fsp3) is 0.750. The number of hydrogen-bond donors (Lipinski definition) is 1. The Labute approximate surface area is 178 Å². The van der Waals surface area contributed by atoms with Crippen LogP contribution in [0.25, 0.3) is 0 Å². The minimum absolute atomic E-state index is 0.0361. The van der Waals surface area contributed by atoms with Crippen LogP contribution in [0.1, 0.15) is 55.5 Å². The summed E-state index contributed by atoms with van der Waals surface area (Å²) in [5.41, 5.74) is 0.840. The molecule has 1 aliphatic heterocycles. The number of rotatable bonds is 8. The van der Waals surface area contributed by atoms with Crippen molar-refractivity contribution >= 4 is 17.2 Å². The maximum absolute atomic E-state index is 12.3. The lowest BCUT2D eigenvalue weighted by Crippen LogP contribution is -2.38. The Morgan fingerprint density at radius 3 is 2.80 bits per heavy atom. The van der Waals surface area contributed by atoms with Gasteiger partial charge in [0.15, 0.2) is 6.61 Å². The van der Waals surface area contributed by atoms with Gasteiger partial charge in [-0.3, -0.25) is 9.69 Å². The molecule has 1 aromatic rings. The summed E-state index contributed by atoms with van der Waals surface area (Å²) in [6.07, 6.45) is 2.15. The van der Waals surface area contributed by atoms with Gasteiger partial charge in [-0.15, -0.1) is 0 Å². The Balaban J connectivity index is 1.36. The van der Waals surface area contributed by atoms with E-state index < -0.39 is 12.8 Å². The maximum atomic E-state index is 12.3. The van der Waals surface area contributed by atoms with Crippen molar-refractivity contribution in [2.24, 2.45) is 5.92 Å². The normalized spacial score (nSPS) is 22.2. The van der Waals surface area contributed by atoms with Gasteiger partial charge >= 0.3 is 6.18 Å². The molecule has 30 heavy (non-hydrogen) atoms. The van der Waals surface area contributed by atoms with Crippen LogP contribution < -0.4 is 10.1 Å². The summed E-state index contributed by atoms with van der Waals surface area (Å²) in [5, 5.41) is 11.7. The van der Waals surface area contributed by atoms with Crippen molar-refractivity contribution in [3.05, 3.63) is 10.6 Å². The molecule has 2 aliphatic rings. The van der Waals surface area contributed by atoms with Crippen LogP contribution in [0.2, 0.25) is 0 Å². The van der Waals surface area contributed by atoms with Crippen molar-refractivity contribution in [2.45, 2.75) is 70.1 Å². The number of fused-ring (bicyclic) bond motifs is 1. The summed E-state index contributed by atoms with van der Waals surface area (Å²) in [7, 11) is 0. The molecule has 0 radical (unpaired) electrons. The second-order valence-corrected chi connectivity index (χ2v) is 9.06. The monoisotopic (exact) mass is 444 g/mol. The Hall–Kier alpha value is -1.86. The van der Waals surface area contributed by atoms with E-state index in [0.29, 0.717) is 12.5 Å². The molecule has 1 aromatic heterocycles. The zero-order valence-corrected chi connectivity index (χ0v) is 17.7. The lowest BCUT2D eigenvalue weighted by atomic mass is 9.84. The number of alkyl halides is 3. The zero-order valence-electron chi connectivity index (χ0n) is 16.8. The summed E-state index contributed by atoms with van der Waals surface area (Å²) in [6, 6.07) is 2.21. The van der Waals surface area contributed by atoms with Crippen LogP contribution in [0.15, 0.2) is 0 Å². The lowest BCUT2D eigenvalue weighted by molar-refractivity contribution is -0.153. The number of nitriles is 1. The molecule has 0 bridgehead atoms. The smallest absolute Gasteiger partial charge is 0.422 e. The van der Waals surface area contributed by atoms with Crippen molar-refractivity contribution in [3.8, 4) is 11.3 Å². The van der Waals surface area contributed by atoms with Gasteiger partial charge < -0.3 is 10.1 Å². The van der Waals surface area contributed by atoms with Crippen molar-refractivity contribution in [2.75, 3.05) is 19.7 Å². The second-order valence-electron chi connectivity index (χ2n) is 8.01. The third-order valence-electron chi connectivity index (χ3n) is 5.68. The van der Waals surface area contributed by atoms with Gasteiger partial charge in [0, 0.05) is 36.9 Å². The third-order valence-corrected chi connectivity index (χ3v) is 6.75. The first kappa shape index (κ1) is 22.8. The van der Waals surface area contributed by atoms with Crippen LogP contribution >= 0.6 is 11.3 Å². The largest absolute Gasteiger partial charge is 0.460 e. The van der Waals surface area contributed by atoms with E-state index in [2.05, 4.69) is 15.2 Å². The van der Waals surface area contributed by atoms with E-state index in [1.165, 1.54) is 11.3 Å². The van der Waals surface area contributed by atoms with Gasteiger partial charge in [-0.2, -0.15) is 18.4 Å². The molecule has 0 atom stereocenters. The number of nitrogens with one attached hydrogen (secondary N) is 1. The van der Waals surface area contributed by atoms with Crippen LogP contribution in [0.4, 0.5) is 13.2 Å². The summed E-state index contributed by atoms with van der Waals surface area (Å²) < 4.78 is 41.7. The van der Waals surface area contributed by atoms with Crippen LogP contribution in [-0.2, 0) is 17.8 Å². The molecule has 0 spiro atoms. The Morgan fingerprint density at radius 2 is 2.10 bits per heavy atom. The highest BCUT2D eigenvalue weighted by atomic mass is 32.1. The maximum Gasteiger partial charge on any atom is 0.422 e. The average Bonchev–Trinajstić information content (AvgIpc) is 3.12. The van der Waals surface area contributed by atoms with Crippen molar-refractivity contribution in [1.29, 1.82) is 5.26 Å². The predicted molar refractivity (Wildman–Crippen MR) is 106 cm³/mol. The van der Waals surface area contributed by atoms with E-state index in [1.54, 1.807) is 0 Å². The number of thiazole rings is 1. The first-order chi connectivity index (χ1) is 14.3. The van der Waals surface area contributed by atoms with Gasteiger partial charge in [-0.1, -0.05) is 11.3 Å². The third kappa shape index (κ3) is 7.13. The van der Waals surface area contributed by atoms with Gasteiger partial charge in [-0.25, -0.2) is 4.98 Å². The van der Waals surface area contributed by atoms with Crippen molar-refractivity contribution < 1.29 is 22.7 Å². The van der Waals surface area contributed by atoms with Gasteiger partial charge in [0.05, 0.1) is 11.8 Å². The molecule has 6 nitrogen and oxygen atoms in total. The number of nitrogens with zero attached hydrogens (tertiary/aromatic N) is 3. The lowest BCUT2D eigenvalue weighted by Gasteiger charge is -2.32. The first-order valence-corrected chi connectivity index (χ1v) is 11.2. The number of halogens is 3. The van der Waals surface area contributed by atoms with Gasteiger partial charge in [0.1, 0.15) is 0 Å². The second kappa shape index (κ2) is 10.4. The average molecular weight is 445 g/mol. The molecule has 1 amide bonds. The quantitative estimate of drug-likeness (QED) is 0.660. The molecule has 2 heterocycles. The number of ether oxygens (including phenoxy) is 1. The molecular formula is C20H27F3N4O2S. The van der Waals surface area contributed by atoms with E-state index in [4.69, 9.17) is 10.00 Å². The minimum Gasteiger partial charge on any atom is -0.460 e. The number of amides is 1.